The molecule has 0 saturated carbocycles. The number of nitrogens with two attached hydrogens (primary N) is 1. The maximum atomic E-state index is 12.2. The molecule has 19 heavy (non-hydrogen) atoms. The Labute approximate surface area is 122 Å². The minimum absolute atomic E-state index is 0.0488. The summed E-state index contributed by atoms with van der Waals surface area (Å²) in [4.78, 5) is 0.185. The van der Waals surface area contributed by atoms with E-state index in [2.05, 4.69) is 20.7 Å². The van der Waals surface area contributed by atoms with Crippen molar-refractivity contribution in [3.8, 4) is 0 Å². The Morgan fingerprint density at radius 1 is 1.47 bits per heavy atom. The Balaban J connectivity index is 2.92. The van der Waals surface area contributed by atoms with Gasteiger partial charge in [-0.25, -0.2) is 13.1 Å². The minimum atomic E-state index is -3.58. The monoisotopic (exact) mass is 350 g/mol. The van der Waals surface area contributed by atoms with E-state index in [9.17, 15) is 8.42 Å². The van der Waals surface area contributed by atoms with Crippen molar-refractivity contribution in [2.45, 2.75) is 25.2 Å². The lowest BCUT2D eigenvalue weighted by Crippen LogP contribution is -2.29. The van der Waals surface area contributed by atoms with Crippen molar-refractivity contribution in [3.05, 3.63) is 22.2 Å². The molecule has 0 aliphatic heterocycles. The Morgan fingerprint density at radius 3 is 2.68 bits per heavy atom. The summed E-state index contributed by atoms with van der Waals surface area (Å²) in [5.74, 6) is 0.0767. The molecule has 0 aliphatic carbocycles. The predicted octanol–water partition coefficient (Wildman–Crippen LogP) is 1.64. The van der Waals surface area contributed by atoms with Gasteiger partial charge in [0.1, 0.15) is 0 Å². The van der Waals surface area contributed by atoms with E-state index in [-0.39, 0.29) is 24.0 Å². The number of rotatable bonds is 6. The lowest BCUT2D eigenvalue weighted by molar-refractivity contribution is 0.263. The number of anilines is 1. The number of hydrogen-bond donors (Lipinski definition) is 3. The molecular formula is C12H19BrN2O3S. The third kappa shape index (κ3) is 4.45. The third-order valence-corrected chi connectivity index (χ3v) is 5.08. The van der Waals surface area contributed by atoms with Gasteiger partial charge in [0.2, 0.25) is 10.0 Å². The van der Waals surface area contributed by atoms with E-state index in [0.717, 1.165) is 0 Å². The first-order valence-electron chi connectivity index (χ1n) is 5.94. The van der Waals surface area contributed by atoms with Crippen LogP contribution in [0.5, 0.6) is 0 Å². The van der Waals surface area contributed by atoms with E-state index in [1.807, 2.05) is 6.92 Å². The maximum absolute atomic E-state index is 12.2. The van der Waals surface area contributed by atoms with Crippen LogP contribution in [-0.2, 0) is 10.0 Å². The van der Waals surface area contributed by atoms with Crippen molar-refractivity contribution in [3.63, 3.8) is 0 Å². The molecule has 0 fully saturated rings. The predicted molar refractivity (Wildman–Crippen MR) is 79.3 cm³/mol. The van der Waals surface area contributed by atoms with Gasteiger partial charge in [0.15, 0.2) is 0 Å². The Morgan fingerprint density at radius 2 is 2.11 bits per heavy atom. The highest BCUT2D eigenvalue weighted by molar-refractivity contribution is 9.10. The summed E-state index contributed by atoms with van der Waals surface area (Å²) in [7, 11) is -3.58. The Bertz CT molecular complexity index is 546. The zero-order valence-corrected chi connectivity index (χ0v) is 13.4. The van der Waals surface area contributed by atoms with Crippen molar-refractivity contribution in [1.29, 1.82) is 0 Å². The molecule has 1 aromatic carbocycles. The molecule has 0 heterocycles. The second-order valence-corrected chi connectivity index (χ2v) is 7.20. The molecule has 0 spiro atoms. The van der Waals surface area contributed by atoms with Gasteiger partial charge in [-0.05, 0) is 52.9 Å². The van der Waals surface area contributed by atoms with Gasteiger partial charge in [0, 0.05) is 23.3 Å². The molecule has 0 aromatic heterocycles. The topological polar surface area (TPSA) is 92.4 Å². The first-order valence-corrected chi connectivity index (χ1v) is 8.21. The fourth-order valence-corrected chi connectivity index (χ4v) is 3.49. The van der Waals surface area contributed by atoms with Crippen LogP contribution in [0.4, 0.5) is 5.69 Å². The van der Waals surface area contributed by atoms with Crippen LogP contribution in [0.3, 0.4) is 0 Å². The van der Waals surface area contributed by atoms with Crippen molar-refractivity contribution in [2.24, 2.45) is 5.92 Å². The number of aryl methyl sites for hydroxylation is 1. The van der Waals surface area contributed by atoms with Gasteiger partial charge in [-0.2, -0.15) is 0 Å². The summed E-state index contributed by atoms with van der Waals surface area (Å²) in [5, 5.41) is 8.80. The zero-order valence-electron chi connectivity index (χ0n) is 11.0. The number of benzene rings is 1. The quantitative estimate of drug-likeness (QED) is 0.680. The van der Waals surface area contributed by atoms with Crippen LogP contribution in [0.2, 0.25) is 0 Å². The smallest absolute Gasteiger partial charge is 0.240 e. The first-order chi connectivity index (χ1) is 8.77. The Hall–Kier alpha value is -0.630. The summed E-state index contributed by atoms with van der Waals surface area (Å²) >= 11 is 3.26. The average molecular weight is 351 g/mol. The molecule has 1 atom stereocenters. The van der Waals surface area contributed by atoms with Crippen molar-refractivity contribution in [1.82, 2.24) is 4.72 Å². The molecular weight excluding hydrogens is 332 g/mol. The average Bonchev–Trinajstić information content (AvgIpc) is 2.31. The number of sulfonamides is 1. The lowest BCUT2D eigenvalue weighted by atomic mass is 10.1. The molecule has 0 bridgehead atoms. The standard InChI is InChI=1S/C12H19BrN2O3S/c1-8(3-4-16)7-15-19(17,18)12-6-11(14)10(13)5-9(12)2/h5-6,8,15-16H,3-4,7,14H2,1-2H3. The van der Waals surface area contributed by atoms with Gasteiger partial charge in [-0.1, -0.05) is 6.92 Å². The van der Waals surface area contributed by atoms with E-state index in [0.29, 0.717) is 22.1 Å². The number of nitrogen functional groups attached to an aromatic ring is 1. The number of halogens is 1. The van der Waals surface area contributed by atoms with E-state index >= 15 is 0 Å². The third-order valence-electron chi connectivity index (χ3n) is 2.83. The van der Waals surface area contributed by atoms with Gasteiger partial charge in [-0.15, -0.1) is 0 Å². The molecule has 1 unspecified atom stereocenters. The zero-order chi connectivity index (χ0) is 14.6. The number of aliphatic hydroxyl groups excluding tert-OH is 1. The molecule has 1 rings (SSSR count). The largest absolute Gasteiger partial charge is 0.398 e. The van der Waals surface area contributed by atoms with Gasteiger partial charge >= 0.3 is 0 Å². The van der Waals surface area contributed by atoms with E-state index in [1.165, 1.54) is 6.07 Å². The van der Waals surface area contributed by atoms with Gasteiger partial charge in [0.25, 0.3) is 0 Å². The maximum Gasteiger partial charge on any atom is 0.240 e. The SMILES string of the molecule is Cc1cc(Br)c(N)cc1S(=O)(=O)NCC(C)CCO. The Kier molecular flexibility index (Phi) is 5.79. The molecule has 5 nitrogen and oxygen atoms in total. The second-order valence-electron chi connectivity index (χ2n) is 4.61. The molecule has 108 valence electrons. The van der Waals surface area contributed by atoms with E-state index in [4.69, 9.17) is 10.8 Å². The highest BCUT2D eigenvalue weighted by Crippen LogP contribution is 2.26. The van der Waals surface area contributed by atoms with Crippen LogP contribution in [0.15, 0.2) is 21.5 Å². The van der Waals surface area contributed by atoms with Crippen molar-refractivity contribution >= 4 is 31.6 Å². The highest BCUT2D eigenvalue weighted by Gasteiger charge is 2.18. The number of hydrogen-bond acceptors (Lipinski definition) is 4. The van der Waals surface area contributed by atoms with Crippen LogP contribution in [0.25, 0.3) is 0 Å². The van der Waals surface area contributed by atoms with Crippen LogP contribution >= 0.6 is 15.9 Å². The van der Waals surface area contributed by atoms with Crippen LogP contribution in [0.1, 0.15) is 18.9 Å². The lowest BCUT2D eigenvalue weighted by Gasteiger charge is -2.14. The number of aliphatic hydroxyl groups is 1. The van der Waals surface area contributed by atoms with Gasteiger partial charge in [0.05, 0.1) is 4.90 Å². The molecule has 0 saturated heterocycles. The van der Waals surface area contributed by atoms with Gasteiger partial charge in [-0.3, -0.25) is 0 Å². The summed E-state index contributed by atoms with van der Waals surface area (Å²) < 4.78 is 27.6. The molecule has 0 amide bonds. The van der Waals surface area contributed by atoms with Crippen molar-refractivity contribution in [2.75, 3.05) is 18.9 Å². The molecule has 4 N–H and O–H groups in total. The minimum Gasteiger partial charge on any atom is -0.398 e. The normalized spacial score (nSPS) is 13.5. The fourth-order valence-electron chi connectivity index (χ4n) is 1.61. The summed E-state index contributed by atoms with van der Waals surface area (Å²) in [5.41, 5.74) is 6.73. The van der Waals surface area contributed by atoms with Crippen LogP contribution in [0, 0.1) is 12.8 Å². The van der Waals surface area contributed by atoms with Crippen LogP contribution < -0.4 is 10.5 Å². The van der Waals surface area contributed by atoms with Crippen LogP contribution in [-0.4, -0.2) is 26.7 Å². The molecule has 0 aliphatic rings. The number of nitrogens with one attached hydrogen (secondary N) is 1. The van der Waals surface area contributed by atoms with Gasteiger partial charge < -0.3 is 10.8 Å². The molecule has 0 radical (unpaired) electrons. The summed E-state index contributed by atoms with van der Waals surface area (Å²) in [6, 6.07) is 3.12. The van der Waals surface area contributed by atoms with E-state index < -0.39 is 10.0 Å². The summed E-state index contributed by atoms with van der Waals surface area (Å²) in [6.45, 7) is 3.93. The molecule has 7 heteroatoms. The van der Waals surface area contributed by atoms with E-state index in [1.54, 1.807) is 13.0 Å². The second kappa shape index (κ2) is 6.69. The first kappa shape index (κ1) is 16.4. The highest BCUT2D eigenvalue weighted by atomic mass is 79.9. The molecule has 1 aromatic rings. The fraction of sp³-hybridized carbons (Fsp3) is 0.500. The summed E-state index contributed by atoms with van der Waals surface area (Å²) in [6.07, 6.45) is 0.560. The van der Waals surface area contributed by atoms with Crippen molar-refractivity contribution < 1.29 is 13.5 Å².